The number of carbonyl (C=O) groups is 1. The Morgan fingerprint density at radius 1 is 0.848 bits per heavy atom. The molecule has 0 saturated carbocycles. The van der Waals surface area contributed by atoms with Gasteiger partial charge in [0.25, 0.3) is 8.32 Å². The molecule has 1 atom stereocenters. The number of hydrogen-bond acceptors (Lipinski definition) is 4. The van der Waals surface area contributed by atoms with Crippen molar-refractivity contribution in [3.8, 4) is 0 Å². The normalized spacial score (nSPS) is 13.0. The van der Waals surface area contributed by atoms with Gasteiger partial charge in [-0.3, -0.25) is 4.79 Å². The number of benzene rings is 3. The van der Waals surface area contributed by atoms with E-state index in [-0.39, 0.29) is 30.5 Å². The highest BCUT2D eigenvalue weighted by molar-refractivity contribution is 6.99. The molecular weight excluding hydrogens is 428 g/mol. The highest BCUT2D eigenvalue weighted by atomic mass is 28.4. The minimum atomic E-state index is -2.74. The Bertz CT molecular complexity index is 945. The molecule has 3 rings (SSSR count). The summed E-state index contributed by atoms with van der Waals surface area (Å²) in [5.74, 6) is -0.135. The number of rotatable bonds is 11. The van der Waals surface area contributed by atoms with Crippen LogP contribution in [0.2, 0.25) is 5.04 Å². The zero-order chi connectivity index (χ0) is 23.7. The quantitative estimate of drug-likeness (QED) is 0.436. The predicted molar refractivity (Wildman–Crippen MR) is 135 cm³/mol. The van der Waals surface area contributed by atoms with Crippen LogP contribution >= 0.6 is 0 Å². The molecule has 0 aliphatic rings. The maximum atomic E-state index is 12.4. The average molecular weight is 463 g/mol. The summed E-state index contributed by atoms with van der Waals surface area (Å²) in [5, 5.41) is 12.8. The number of carbonyl (C=O) groups excluding carboxylic acids is 1. The lowest BCUT2D eigenvalue weighted by molar-refractivity contribution is -0.126. The van der Waals surface area contributed by atoms with Gasteiger partial charge in [0, 0.05) is 6.42 Å². The smallest absolute Gasteiger partial charge is 0.261 e. The van der Waals surface area contributed by atoms with Crippen molar-refractivity contribution < 1.29 is 19.1 Å². The zero-order valence-electron chi connectivity index (χ0n) is 19.7. The van der Waals surface area contributed by atoms with E-state index in [4.69, 9.17) is 9.16 Å². The van der Waals surface area contributed by atoms with Gasteiger partial charge in [0.15, 0.2) is 5.78 Å². The molecule has 0 bridgehead atoms. The zero-order valence-corrected chi connectivity index (χ0v) is 20.7. The second-order valence-electron chi connectivity index (χ2n) is 9.35. The van der Waals surface area contributed by atoms with E-state index >= 15 is 0 Å². The van der Waals surface area contributed by atoms with Gasteiger partial charge in [-0.25, -0.2) is 0 Å². The van der Waals surface area contributed by atoms with Gasteiger partial charge < -0.3 is 14.3 Å². The lowest BCUT2D eigenvalue weighted by Gasteiger charge is -2.43. The van der Waals surface area contributed by atoms with Crippen LogP contribution in [0.1, 0.15) is 32.8 Å². The van der Waals surface area contributed by atoms with E-state index in [1.54, 1.807) is 0 Å². The van der Waals surface area contributed by atoms with Gasteiger partial charge in [0.05, 0.1) is 19.3 Å². The maximum absolute atomic E-state index is 12.4. The van der Waals surface area contributed by atoms with Crippen LogP contribution in [0.25, 0.3) is 0 Å². The molecule has 0 saturated heterocycles. The first kappa shape index (κ1) is 25.1. The molecule has 33 heavy (non-hydrogen) atoms. The van der Waals surface area contributed by atoms with Crippen LogP contribution in [0.3, 0.4) is 0 Å². The lowest BCUT2D eigenvalue weighted by Crippen LogP contribution is -2.67. The lowest BCUT2D eigenvalue weighted by atomic mass is 10.2. The Labute approximate surface area is 198 Å². The minimum Gasteiger partial charge on any atom is -0.405 e. The molecule has 0 unspecified atom stereocenters. The number of aliphatic hydroxyl groups is 1. The predicted octanol–water partition coefficient (Wildman–Crippen LogP) is 4.10. The summed E-state index contributed by atoms with van der Waals surface area (Å²) in [6.07, 6.45) is -0.882. The number of aliphatic hydroxyl groups excluding tert-OH is 1. The summed E-state index contributed by atoms with van der Waals surface area (Å²) >= 11 is 0. The number of hydrogen-bond donors (Lipinski definition) is 1. The Morgan fingerprint density at radius 3 is 1.82 bits per heavy atom. The maximum Gasteiger partial charge on any atom is 0.261 e. The topological polar surface area (TPSA) is 55.8 Å². The van der Waals surface area contributed by atoms with Gasteiger partial charge in [-0.2, -0.15) is 0 Å². The number of Topliss-reactive ketones (excluding diaryl/α,β-unsaturated/α-hetero) is 1. The Balaban J connectivity index is 1.68. The molecule has 0 aromatic heterocycles. The summed E-state index contributed by atoms with van der Waals surface area (Å²) < 4.78 is 12.2. The van der Waals surface area contributed by atoms with Crippen molar-refractivity contribution in [2.24, 2.45) is 0 Å². The van der Waals surface area contributed by atoms with Crippen molar-refractivity contribution >= 4 is 24.5 Å². The number of ketones is 1. The molecule has 0 aliphatic carbocycles. The van der Waals surface area contributed by atoms with Gasteiger partial charge in [-0.05, 0) is 21.0 Å². The fraction of sp³-hybridized carbons (Fsp3) is 0.321. The third-order valence-electron chi connectivity index (χ3n) is 5.75. The van der Waals surface area contributed by atoms with Gasteiger partial charge in [-0.15, -0.1) is 0 Å². The first-order valence-corrected chi connectivity index (χ1v) is 13.3. The fourth-order valence-electron chi connectivity index (χ4n) is 4.22. The molecule has 174 valence electrons. The van der Waals surface area contributed by atoms with Crippen molar-refractivity contribution in [2.75, 3.05) is 13.2 Å². The Kier molecular flexibility index (Phi) is 8.75. The summed E-state index contributed by atoms with van der Waals surface area (Å²) in [4.78, 5) is 12.4. The van der Waals surface area contributed by atoms with Gasteiger partial charge in [0.2, 0.25) is 0 Å². The van der Waals surface area contributed by atoms with Crippen LogP contribution in [0.4, 0.5) is 0 Å². The Morgan fingerprint density at radius 2 is 1.33 bits per heavy atom. The molecule has 0 radical (unpaired) electrons. The van der Waals surface area contributed by atoms with E-state index in [1.165, 1.54) is 0 Å². The third-order valence-corrected chi connectivity index (χ3v) is 10.8. The molecule has 0 amide bonds. The van der Waals surface area contributed by atoms with E-state index in [0.717, 1.165) is 15.9 Å². The summed E-state index contributed by atoms with van der Waals surface area (Å²) in [5.41, 5.74) is 1.01. The molecule has 0 aliphatic heterocycles. The molecule has 1 N–H and O–H groups in total. The summed E-state index contributed by atoms with van der Waals surface area (Å²) in [6, 6.07) is 30.3. The van der Waals surface area contributed by atoms with Gasteiger partial charge >= 0.3 is 0 Å². The van der Waals surface area contributed by atoms with E-state index < -0.39 is 14.4 Å². The van der Waals surface area contributed by atoms with Crippen LogP contribution in [0.5, 0.6) is 0 Å². The van der Waals surface area contributed by atoms with Gasteiger partial charge in [-0.1, -0.05) is 112 Å². The van der Waals surface area contributed by atoms with Crippen LogP contribution in [-0.2, 0) is 20.6 Å². The van der Waals surface area contributed by atoms with Crippen LogP contribution < -0.4 is 10.4 Å². The standard InChI is InChI=1S/C28H34O4Si/c1-28(2,3)33(26-15-9-5-10-16-26,27-17-11-6-12-18-27)32-22-25(30)19-24(29)21-31-20-23-13-7-4-8-14-23/h4-18,25,30H,19-22H2,1-3H3/t25-/m1/s1. The van der Waals surface area contributed by atoms with E-state index in [2.05, 4.69) is 45.0 Å². The molecule has 0 fully saturated rings. The van der Waals surface area contributed by atoms with E-state index in [0.29, 0.717) is 6.61 Å². The molecule has 0 spiro atoms. The highest BCUT2D eigenvalue weighted by Crippen LogP contribution is 2.36. The largest absolute Gasteiger partial charge is 0.405 e. The molecule has 4 nitrogen and oxygen atoms in total. The second-order valence-corrected chi connectivity index (χ2v) is 13.7. The van der Waals surface area contributed by atoms with E-state index in [9.17, 15) is 9.90 Å². The first-order chi connectivity index (χ1) is 15.8. The average Bonchev–Trinajstić information content (AvgIpc) is 2.81. The molecule has 3 aromatic rings. The molecular formula is C28H34O4Si. The van der Waals surface area contributed by atoms with Crippen molar-refractivity contribution in [1.82, 2.24) is 0 Å². The van der Waals surface area contributed by atoms with Crippen molar-refractivity contribution in [1.29, 1.82) is 0 Å². The monoisotopic (exact) mass is 462 g/mol. The van der Waals surface area contributed by atoms with Crippen molar-refractivity contribution in [3.63, 3.8) is 0 Å². The van der Waals surface area contributed by atoms with Crippen LogP contribution in [-0.4, -0.2) is 38.5 Å². The van der Waals surface area contributed by atoms with Crippen molar-refractivity contribution in [3.05, 3.63) is 96.6 Å². The minimum absolute atomic E-state index is 0.00694. The molecule has 0 heterocycles. The second kappa shape index (κ2) is 11.5. The Hall–Kier alpha value is -2.57. The van der Waals surface area contributed by atoms with E-state index in [1.807, 2.05) is 66.7 Å². The van der Waals surface area contributed by atoms with Crippen LogP contribution in [0, 0.1) is 0 Å². The first-order valence-electron chi connectivity index (χ1n) is 11.4. The highest BCUT2D eigenvalue weighted by Gasteiger charge is 2.50. The molecule has 5 heteroatoms. The van der Waals surface area contributed by atoms with Crippen molar-refractivity contribution in [2.45, 2.75) is 44.9 Å². The third kappa shape index (κ3) is 6.48. The van der Waals surface area contributed by atoms with Crippen LogP contribution in [0.15, 0.2) is 91.0 Å². The van der Waals surface area contributed by atoms with Gasteiger partial charge in [0.1, 0.15) is 6.61 Å². The summed E-state index contributed by atoms with van der Waals surface area (Å²) in [7, 11) is -2.74. The summed E-state index contributed by atoms with van der Waals surface area (Å²) in [6.45, 7) is 7.01. The molecule has 3 aromatic carbocycles. The fourth-order valence-corrected chi connectivity index (χ4v) is 8.82. The number of ether oxygens (including phenoxy) is 1. The SMILES string of the molecule is CC(C)(C)[Si](OC[C@H](O)CC(=O)COCc1ccccc1)(c1ccccc1)c1ccccc1.